The van der Waals surface area contributed by atoms with Gasteiger partial charge in [-0.05, 0) is 48.1 Å². The summed E-state index contributed by atoms with van der Waals surface area (Å²) in [5.41, 5.74) is 0.00225. The number of hydrogen-bond acceptors (Lipinski definition) is 3. The Balaban J connectivity index is 2.56. The zero-order valence-corrected chi connectivity index (χ0v) is 11.3. The van der Waals surface area contributed by atoms with Crippen LogP contribution in [0, 0.1) is 0 Å². The molecule has 80 valence electrons. The second-order valence-electron chi connectivity index (χ2n) is 4.29. The molecule has 0 spiro atoms. The molecule has 0 saturated heterocycles. The van der Waals surface area contributed by atoms with Crippen molar-refractivity contribution in [2.24, 2.45) is 0 Å². The first kappa shape index (κ1) is 10.8. The Morgan fingerprint density at radius 3 is 2.67 bits per heavy atom. The van der Waals surface area contributed by atoms with Crippen molar-refractivity contribution in [1.29, 1.82) is 0 Å². The van der Waals surface area contributed by atoms with E-state index in [1.807, 2.05) is 11.4 Å². The second-order valence-corrected chi connectivity index (χ2v) is 6.06. The van der Waals surface area contributed by atoms with E-state index in [2.05, 4.69) is 51.5 Å². The van der Waals surface area contributed by atoms with Crippen LogP contribution < -0.4 is 0 Å². The number of aromatic nitrogens is 3. The van der Waals surface area contributed by atoms with Crippen molar-refractivity contribution < 1.29 is 0 Å². The van der Waals surface area contributed by atoms with E-state index >= 15 is 0 Å². The van der Waals surface area contributed by atoms with Crippen LogP contribution in [0.2, 0.25) is 0 Å². The average Bonchev–Trinajstić information content (AvgIpc) is 2.69. The normalized spacial score (nSPS) is 12.0. The van der Waals surface area contributed by atoms with Crippen LogP contribution in [0.4, 0.5) is 0 Å². The van der Waals surface area contributed by atoms with Gasteiger partial charge in [-0.25, -0.2) is 0 Å². The molecule has 15 heavy (non-hydrogen) atoms. The molecule has 0 aliphatic rings. The predicted molar refractivity (Wildman–Crippen MR) is 66.0 cm³/mol. The SMILES string of the molecule is CC(C)(C)n1cnnc1-c1sccc1Br. The van der Waals surface area contributed by atoms with Crippen LogP contribution in [0.15, 0.2) is 22.2 Å². The lowest BCUT2D eigenvalue weighted by Gasteiger charge is -2.21. The molecule has 2 aromatic heterocycles. The maximum absolute atomic E-state index is 4.18. The number of hydrogen-bond donors (Lipinski definition) is 0. The van der Waals surface area contributed by atoms with Crippen LogP contribution in [-0.2, 0) is 5.54 Å². The van der Waals surface area contributed by atoms with E-state index in [9.17, 15) is 0 Å². The molecular formula is C10H12BrN3S. The number of thiophene rings is 1. The zero-order valence-electron chi connectivity index (χ0n) is 8.86. The number of rotatable bonds is 1. The minimum absolute atomic E-state index is 0.00225. The molecule has 0 aliphatic heterocycles. The zero-order chi connectivity index (χ0) is 11.1. The Bertz CT molecular complexity index is 467. The fourth-order valence-electron chi connectivity index (χ4n) is 1.33. The van der Waals surface area contributed by atoms with Crippen LogP contribution in [-0.4, -0.2) is 14.8 Å². The lowest BCUT2D eigenvalue weighted by Crippen LogP contribution is -2.21. The Kier molecular flexibility index (Phi) is 2.68. The Labute approximate surface area is 101 Å². The van der Waals surface area contributed by atoms with Crippen LogP contribution in [0.25, 0.3) is 10.7 Å². The van der Waals surface area contributed by atoms with Crippen molar-refractivity contribution in [2.75, 3.05) is 0 Å². The molecule has 0 N–H and O–H groups in total. The molecule has 0 aliphatic carbocycles. The first-order valence-electron chi connectivity index (χ1n) is 4.64. The van der Waals surface area contributed by atoms with Crippen LogP contribution in [0.3, 0.4) is 0 Å². The Hall–Kier alpha value is -0.680. The van der Waals surface area contributed by atoms with E-state index in [1.54, 1.807) is 17.7 Å². The topological polar surface area (TPSA) is 30.7 Å². The highest BCUT2D eigenvalue weighted by Gasteiger charge is 2.20. The standard InChI is InChI=1S/C10H12BrN3S/c1-10(2,3)14-6-12-13-9(14)8-7(11)4-5-15-8/h4-6H,1-3H3. The molecule has 0 radical (unpaired) electrons. The van der Waals surface area contributed by atoms with E-state index < -0.39 is 0 Å². The lowest BCUT2D eigenvalue weighted by molar-refractivity contribution is 0.400. The third-order valence-corrected chi connectivity index (χ3v) is 3.92. The minimum Gasteiger partial charge on any atom is -0.308 e. The highest BCUT2D eigenvalue weighted by Crippen LogP contribution is 2.33. The van der Waals surface area contributed by atoms with E-state index in [1.165, 1.54) is 0 Å². The highest BCUT2D eigenvalue weighted by atomic mass is 79.9. The lowest BCUT2D eigenvalue weighted by atomic mass is 10.1. The van der Waals surface area contributed by atoms with Gasteiger partial charge in [0.05, 0.1) is 4.88 Å². The van der Waals surface area contributed by atoms with Gasteiger partial charge in [0.2, 0.25) is 0 Å². The van der Waals surface area contributed by atoms with Gasteiger partial charge >= 0.3 is 0 Å². The van der Waals surface area contributed by atoms with Gasteiger partial charge in [0.15, 0.2) is 5.82 Å². The van der Waals surface area contributed by atoms with E-state index in [0.717, 1.165) is 15.2 Å². The van der Waals surface area contributed by atoms with Crippen molar-refractivity contribution in [1.82, 2.24) is 14.8 Å². The quantitative estimate of drug-likeness (QED) is 0.803. The van der Waals surface area contributed by atoms with Crippen molar-refractivity contribution in [2.45, 2.75) is 26.3 Å². The minimum atomic E-state index is 0.00225. The van der Waals surface area contributed by atoms with Crippen LogP contribution >= 0.6 is 27.3 Å². The van der Waals surface area contributed by atoms with Gasteiger partial charge in [-0.3, -0.25) is 0 Å². The largest absolute Gasteiger partial charge is 0.308 e. The van der Waals surface area contributed by atoms with Crippen molar-refractivity contribution in [3.8, 4) is 10.7 Å². The first-order chi connectivity index (χ1) is 7.00. The molecule has 0 bridgehead atoms. The fraction of sp³-hybridized carbons (Fsp3) is 0.400. The summed E-state index contributed by atoms with van der Waals surface area (Å²) >= 11 is 5.19. The molecule has 0 atom stereocenters. The molecule has 3 nitrogen and oxygen atoms in total. The Morgan fingerprint density at radius 2 is 2.13 bits per heavy atom. The van der Waals surface area contributed by atoms with Gasteiger partial charge in [0.1, 0.15) is 6.33 Å². The van der Waals surface area contributed by atoms with Gasteiger partial charge < -0.3 is 4.57 Å². The maximum Gasteiger partial charge on any atom is 0.175 e. The molecule has 0 fully saturated rings. The third-order valence-electron chi connectivity index (χ3n) is 2.09. The molecule has 0 saturated carbocycles. The van der Waals surface area contributed by atoms with Gasteiger partial charge in [-0.15, -0.1) is 21.5 Å². The van der Waals surface area contributed by atoms with Crippen LogP contribution in [0.5, 0.6) is 0 Å². The predicted octanol–water partition coefficient (Wildman–Crippen LogP) is 3.52. The van der Waals surface area contributed by atoms with E-state index in [4.69, 9.17) is 0 Å². The summed E-state index contributed by atoms with van der Waals surface area (Å²) in [5, 5.41) is 10.2. The van der Waals surface area contributed by atoms with Gasteiger partial charge in [-0.1, -0.05) is 0 Å². The summed E-state index contributed by atoms with van der Waals surface area (Å²) in [4.78, 5) is 1.13. The number of halogens is 1. The molecule has 0 amide bonds. The molecule has 0 unspecified atom stereocenters. The summed E-state index contributed by atoms with van der Waals surface area (Å²) in [6.07, 6.45) is 1.78. The summed E-state index contributed by atoms with van der Waals surface area (Å²) in [6.45, 7) is 6.42. The van der Waals surface area contributed by atoms with E-state index in [-0.39, 0.29) is 5.54 Å². The molecule has 2 rings (SSSR count). The van der Waals surface area contributed by atoms with Crippen molar-refractivity contribution in [3.05, 3.63) is 22.2 Å². The highest BCUT2D eigenvalue weighted by molar-refractivity contribution is 9.10. The maximum atomic E-state index is 4.18. The number of nitrogens with zero attached hydrogens (tertiary/aromatic N) is 3. The van der Waals surface area contributed by atoms with Gasteiger partial charge in [0.25, 0.3) is 0 Å². The summed E-state index contributed by atoms with van der Waals surface area (Å²) in [7, 11) is 0. The summed E-state index contributed by atoms with van der Waals surface area (Å²) < 4.78 is 3.16. The monoisotopic (exact) mass is 285 g/mol. The van der Waals surface area contributed by atoms with Gasteiger partial charge in [0, 0.05) is 10.0 Å². The van der Waals surface area contributed by atoms with Crippen molar-refractivity contribution in [3.63, 3.8) is 0 Å². The molecule has 2 aromatic rings. The van der Waals surface area contributed by atoms with Crippen LogP contribution in [0.1, 0.15) is 20.8 Å². The first-order valence-corrected chi connectivity index (χ1v) is 6.31. The molecule has 0 aromatic carbocycles. The Morgan fingerprint density at radius 1 is 1.40 bits per heavy atom. The molecule has 2 heterocycles. The fourth-order valence-corrected chi connectivity index (χ4v) is 2.86. The summed E-state index contributed by atoms with van der Waals surface area (Å²) in [6, 6.07) is 2.03. The molecular weight excluding hydrogens is 274 g/mol. The second kappa shape index (κ2) is 3.72. The third kappa shape index (κ3) is 1.99. The van der Waals surface area contributed by atoms with Crippen molar-refractivity contribution >= 4 is 27.3 Å². The summed E-state index contributed by atoms with van der Waals surface area (Å²) in [5.74, 6) is 0.921. The molecule has 5 heteroatoms. The van der Waals surface area contributed by atoms with Gasteiger partial charge in [-0.2, -0.15) is 0 Å². The average molecular weight is 286 g/mol. The van der Waals surface area contributed by atoms with E-state index in [0.29, 0.717) is 0 Å². The smallest absolute Gasteiger partial charge is 0.175 e.